The number of ketones is 1. The van der Waals surface area contributed by atoms with Crippen LogP contribution in [-0.4, -0.2) is 27.1 Å². The highest BCUT2D eigenvalue weighted by Gasteiger charge is 2.32. The van der Waals surface area contributed by atoms with Crippen LogP contribution in [0.1, 0.15) is 29.8 Å². The van der Waals surface area contributed by atoms with E-state index in [9.17, 15) is 9.59 Å². The minimum Gasteiger partial charge on any atom is -0.483 e. The number of rotatable bonds is 4. The van der Waals surface area contributed by atoms with Gasteiger partial charge in [0.1, 0.15) is 5.60 Å². The first-order valence-corrected chi connectivity index (χ1v) is 8.89. The lowest BCUT2D eigenvalue weighted by Gasteiger charge is -2.18. The van der Waals surface area contributed by atoms with Crippen molar-refractivity contribution in [1.29, 1.82) is 0 Å². The average Bonchev–Trinajstić information content (AvgIpc) is 3.07. The molecule has 0 saturated carbocycles. The van der Waals surface area contributed by atoms with E-state index < -0.39 is 0 Å². The zero-order valence-corrected chi connectivity index (χ0v) is 15.9. The molecule has 27 heavy (non-hydrogen) atoms. The van der Waals surface area contributed by atoms with E-state index in [4.69, 9.17) is 9.47 Å². The number of fused-ring (bicyclic) bond motifs is 2. The molecule has 0 saturated heterocycles. The summed E-state index contributed by atoms with van der Waals surface area (Å²) in [6.45, 7) is 3.97. The molecule has 6 heteroatoms. The maximum atomic E-state index is 12.6. The first kappa shape index (κ1) is 17.4. The van der Waals surface area contributed by atoms with Gasteiger partial charge in [-0.2, -0.15) is 0 Å². The first-order valence-electron chi connectivity index (χ1n) is 8.89. The van der Waals surface area contributed by atoms with Crippen molar-refractivity contribution in [2.75, 3.05) is 6.61 Å². The molecule has 0 aliphatic carbocycles. The van der Waals surface area contributed by atoms with Crippen molar-refractivity contribution >= 4 is 16.8 Å². The van der Waals surface area contributed by atoms with E-state index in [-0.39, 0.29) is 23.7 Å². The number of para-hydroxylation sites is 1. The van der Waals surface area contributed by atoms with Gasteiger partial charge in [-0.25, -0.2) is 4.79 Å². The predicted octanol–water partition coefficient (Wildman–Crippen LogP) is 2.85. The van der Waals surface area contributed by atoms with Crippen molar-refractivity contribution < 1.29 is 14.3 Å². The molecule has 0 atom stereocenters. The number of carbonyl (C=O) groups is 1. The normalized spacial score (nSPS) is 14.8. The van der Waals surface area contributed by atoms with Gasteiger partial charge >= 0.3 is 5.69 Å². The van der Waals surface area contributed by atoms with Crippen LogP contribution in [0.3, 0.4) is 0 Å². The number of benzene rings is 2. The molecule has 4 rings (SSSR count). The Bertz CT molecular complexity index is 1120. The highest BCUT2D eigenvalue weighted by atomic mass is 16.5. The number of Topliss-reactive ketones (excluding diaryl/α,β-unsaturated/α-hetero) is 1. The summed E-state index contributed by atoms with van der Waals surface area (Å²) in [6.07, 6.45) is 0.812. The molecular weight excluding hydrogens is 344 g/mol. The van der Waals surface area contributed by atoms with Crippen molar-refractivity contribution in [2.45, 2.75) is 25.9 Å². The number of hydrogen-bond acceptors (Lipinski definition) is 4. The summed E-state index contributed by atoms with van der Waals surface area (Å²) in [4.78, 5) is 24.7. The summed E-state index contributed by atoms with van der Waals surface area (Å²) in [5.41, 5.74) is 2.72. The summed E-state index contributed by atoms with van der Waals surface area (Å²) in [5, 5.41) is 0. The third-order valence-electron chi connectivity index (χ3n) is 5.01. The van der Waals surface area contributed by atoms with E-state index in [1.165, 1.54) is 4.57 Å². The van der Waals surface area contributed by atoms with Gasteiger partial charge in [0, 0.05) is 31.6 Å². The zero-order valence-electron chi connectivity index (χ0n) is 15.9. The Kier molecular flexibility index (Phi) is 3.87. The van der Waals surface area contributed by atoms with Crippen molar-refractivity contribution in [1.82, 2.24) is 9.13 Å². The molecule has 0 spiro atoms. The number of aryl methyl sites for hydroxylation is 2. The maximum Gasteiger partial charge on any atom is 0.328 e. The molecular formula is C21H22N2O4. The Morgan fingerprint density at radius 2 is 1.89 bits per heavy atom. The minimum atomic E-state index is -0.269. The Hall–Kier alpha value is -3.02. The monoisotopic (exact) mass is 366 g/mol. The average molecular weight is 366 g/mol. The van der Waals surface area contributed by atoms with E-state index in [1.54, 1.807) is 36.9 Å². The molecule has 6 nitrogen and oxygen atoms in total. The largest absolute Gasteiger partial charge is 0.483 e. The molecule has 0 radical (unpaired) electrons. The molecule has 0 unspecified atom stereocenters. The van der Waals surface area contributed by atoms with Crippen LogP contribution in [0, 0.1) is 0 Å². The van der Waals surface area contributed by atoms with Crippen molar-refractivity contribution in [3.63, 3.8) is 0 Å². The molecule has 0 amide bonds. The summed E-state index contributed by atoms with van der Waals surface area (Å²) in [7, 11) is 3.41. The number of hydrogen-bond donors (Lipinski definition) is 0. The maximum absolute atomic E-state index is 12.6. The van der Waals surface area contributed by atoms with Crippen molar-refractivity contribution in [2.24, 2.45) is 14.1 Å². The Morgan fingerprint density at radius 1 is 1.15 bits per heavy atom. The van der Waals surface area contributed by atoms with Crippen LogP contribution in [0.5, 0.6) is 11.5 Å². The topological polar surface area (TPSA) is 62.5 Å². The number of aromatic nitrogens is 2. The van der Waals surface area contributed by atoms with E-state index in [2.05, 4.69) is 0 Å². The summed E-state index contributed by atoms with van der Waals surface area (Å²) in [5.74, 6) is 1.15. The summed E-state index contributed by atoms with van der Waals surface area (Å²) >= 11 is 0. The van der Waals surface area contributed by atoms with E-state index >= 15 is 0 Å². The number of imidazole rings is 1. The Labute approximate surface area is 156 Å². The molecule has 1 aliphatic heterocycles. The fraction of sp³-hybridized carbons (Fsp3) is 0.333. The lowest BCUT2D eigenvalue weighted by molar-refractivity contribution is 0.0912. The second kappa shape index (κ2) is 6.01. The highest BCUT2D eigenvalue weighted by Crippen LogP contribution is 2.41. The second-order valence-corrected chi connectivity index (χ2v) is 7.60. The number of ether oxygens (including phenoxy) is 2. The van der Waals surface area contributed by atoms with Crippen LogP contribution in [-0.2, 0) is 20.5 Å². The van der Waals surface area contributed by atoms with Gasteiger partial charge in [-0.3, -0.25) is 13.9 Å². The van der Waals surface area contributed by atoms with Crippen LogP contribution < -0.4 is 15.2 Å². The van der Waals surface area contributed by atoms with Gasteiger partial charge in [-0.15, -0.1) is 0 Å². The molecule has 2 aromatic carbocycles. The Morgan fingerprint density at radius 3 is 2.67 bits per heavy atom. The van der Waals surface area contributed by atoms with Gasteiger partial charge in [-0.05, 0) is 38.1 Å². The van der Waals surface area contributed by atoms with Gasteiger partial charge in [0.25, 0.3) is 0 Å². The quantitative estimate of drug-likeness (QED) is 0.666. The molecule has 3 aromatic rings. The zero-order chi connectivity index (χ0) is 19.3. The summed E-state index contributed by atoms with van der Waals surface area (Å²) < 4.78 is 14.9. The lowest BCUT2D eigenvalue weighted by Crippen LogP contribution is -2.24. The van der Waals surface area contributed by atoms with Crippen molar-refractivity contribution in [3.05, 3.63) is 58.0 Å². The van der Waals surface area contributed by atoms with E-state index in [0.717, 1.165) is 28.8 Å². The number of carbonyl (C=O) groups excluding carboxylic acids is 1. The van der Waals surface area contributed by atoms with Crippen molar-refractivity contribution in [3.8, 4) is 11.5 Å². The summed E-state index contributed by atoms with van der Waals surface area (Å²) in [6, 6.07) is 11.0. The minimum absolute atomic E-state index is 0.0907. The van der Waals surface area contributed by atoms with E-state index in [1.807, 2.05) is 32.0 Å². The third kappa shape index (κ3) is 2.91. The first-order chi connectivity index (χ1) is 12.8. The van der Waals surface area contributed by atoms with Gasteiger partial charge in [0.05, 0.1) is 11.0 Å². The van der Waals surface area contributed by atoms with Crippen LogP contribution in [0.25, 0.3) is 11.0 Å². The molecule has 1 aliphatic rings. The lowest BCUT2D eigenvalue weighted by atomic mass is 10.0. The highest BCUT2D eigenvalue weighted by molar-refractivity contribution is 6.00. The third-order valence-corrected chi connectivity index (χ3v) is 5.01. The predicted molar refractivity (Wildman–Crippen MR) is 103 cm³/mol. The second-order valence-electron chi connectivity index (χ2n) is 7.60. The molecule has 2 heterocycles. The molecule has 0 N–H and O–H groups in total. The SMILES string of the molecule is Cn1c(=O)n(C)c2cc(C(=O)COc3cccc4c3OC(C)(C)C4)ccc21. The number of nitrogens with zero attached hydrogens (tertiary/aromatic N) is 2. The van der Waals surface area contributed by atoms with Crippen LogP contribution in [0.2, 0.25) is 0 Å². The van der Waals surface area contributed by atoms with Gasteiger partial charge in [0.2, 0.25) is 0 Å². The molecule has 0 fully saturated rings. The fourth-order valence-corrected chi connectivity index (χ4v) is 3.61. The van der Waals surface area contributed by atoms with Gasteiger partial charge in [-0.1, -0.05) is 12.1 Å². The molecule has 1 aromatic heterocycles. The van der Waals surface area contributed by atoms with Gasteiger partial charge in [0.15, 0.2) is 23.9 Å². The fourth-order valence-electron chi connectivity index (χ4n) is 3.61. The van der Waals surface area contributed by atoms with Crippen LogP contribution in [0.15, 0.2) is 41.2 Å². The van der Waals surface area contributed by atoms with Crippen LogP contribution in [0.4, 0.5) is 0 Å². The van der Waals surface area contributed by atoms with E-state index in [0.29, 0.717) is 11.3 Å². The standard InChI is InChI=1S/C21H22N2O4/c1-21(2)11-14-6-5-7-18(19(14)27-21)26-12-17(24)13-8-9-15-16(10-13)23(4)20(25)22(15)3/h5-10H,11-12H2,1-4H3. The molecule has 0 bridgehead atoms. The van der Waals surface area contributed by atoms with Crippen LogP contribution >= 0.6 is 0 Å². The Balaban J connectivity index is 1.56. The smallest absolute Gasteiger partial charge is 0.328 e. The molecule has 140 valence electrons. The van der Waals surface area contributed by atoms with Gasteiger partial charge < -0.3 is 9.47 Å².